The van der Waals surface area contributed by atoms with Crippen molar-refractivity contribution in [3.8, 4) is 0 Å². The van der Waals surface area contributed by atoms with Gasteiger partial charge in [-0.2, -0.15) is 4.68 Å². The summed E-state index contributed by atoms with van der Waals surface area (Å²) >= 11 is 12.2. The van der Waals surface area contributed by atoms with Crippen LogP contribution in [0.25, 0.3) is 17.0 Å². The van der Waals surface area contributed by atoms with Crippen LogP contribution >= 0.6 is 23.2 Å². The zero-order valence-electron chi connectivity index (χ0n) is 19.7. The molecule has 3 amide bonds. The molecule has 0 spiro atoms. The zero-order chi connectivity index (χ0) is 25.7. The summed E-state index contributed by atoms with van der Waals surface area (Å²) in [5, 5.41) is 3.98. The van der Waals surface area contributed by atoms with Gasteiger partial charge in [-0.1, -0.05) is 41.4 Å². The molecular weight excluding hydrogens is 501 g/mol. The van der Waals surface area contributed by atoms with Crippen molar-refractivity contribution < 1.29 is 9.59 Å². The van der Waals surface area contributed by atoms with E-state index in [0.29, 0.717) is 43.6 Å². The Balaban J connectivity index is 1.52. The molecule has 1 aliphatic rings. The maximum atomic E-state index is 13.3. The molecule has 4 aromatic rings. The van der Waals surface area contributed by atoms with Crippen LogP contribution in [0.5, 0.6) is 0 Å². The number of benzene rings is 2. The number of amides is 3. The third kappa shape index (κ3) is 3.98. The highest BCUT2D eigenvalue weighted by Crippen LogP contribution is 2.25. The lowest BCUT2D eigenvalue weighted by molar-refractivity contribution is -0.123. The normalized spacial score (nSPS) is 14.8. The van der Waals surface area contributed by atoms with E-state index in [0.717, 1.165) is 10.6 Å². The molecule has 2 aromatic heterocycles. The number of imide groups is 1. The number of nitrogens with zero attached hydrogens (tertiary/aromatic N) is 4. The molecule has 5 rings (SSSR count). The Morgan fingerprint density at radius 1 is 0.972 bits per heavy atom. The van der Waals surface area contributed by atoms with Crippen LogP contribution in [0.2, 0.25) is 10.0 Å². The second kappa shape index (κ2) is 8.96. The second-order valence-corrected chi connectivity index (χ2v) is 9.39. The smallest absolute Gasteiger partial charge is 0.303 e. The highest BCUT2D eigenvalue weighted by molar-refractivity contribution is 6.35. The standard InChI is InChI=1S/C26H21Cl2N5O3/c1-14-10-18(15(2)32(14)33-16(3)29-22-7-5-4-6-20(22)24(33)34)11-23-25(35)31(26(36)30-23)13-17-8-9-19(27)12-21(17)28/h4-12H,13H2,1-3H3,(H,30,36). The first-order valence-electron chi connectivity index (χ1n) is 11.1. The fraction of sp³-hybridized carbons (Fsp3) is 0.154. The molecule has 10 heteroatoms. The van der Waals surface area contributed by atoms with E-state index in [4.69, 9.17) is 23.2 Å². The summed E-state index contributed by atoms with van der Waals surface area (Å²) in [5.74, 6) is 0.0486. The van der Waals surface area contributed by atoms with Gasteiger partial charge in [-0.3, -0.25) is 19.2 Å². The summed E-state index contributed by atoms with van der Waals surface area (Å²) in [4.78, 5) is 44.6. The third-order valence-electron chi connectivity index (χ3n) is 6.16. The van der Waals surface area contributed by atoms with Crippen molar-refractivity contribution in [2.24, 2.45) is 0 Å². The monoisotopic (exact) mass is 521 g/mol. The fourth-order valence-electron chi connectivity index (χ4n) is 4.39. The Bertz CT molecular complexity index is 1670. The number of urea groups is 1. The number of fused-ring (bicyclic) bond motifs is 1. The molecule has 1 aliphatic heterocycles. The minimum atomic E-state index is -0.545. The lowest BCUT2D eigenvalue weighted by Gasteiger charge is -2.16. The quantitative estimate of drug-likeness (QED) is 0.307. The van der Waals surface area contributed by atoms with E-state index in [-0.39, 0.29) is 17.8 Å². The first-order valence-corrected chi connectivity index (χ1v) is 11.9. The number of aromatic nitrogens is 3. The van der Waals surface area contributed by atoms with Crippen LogP contribution in [0, 0.1) is 20.8 Å². The van der Waals surface area contributed by atoms with Gasteiger partial charge in [0.15, 0.2) is 0 Å². The van der Waals surface area contributed by atoms with Crippen LogP contribution in [0.3, 0.4) is 0 Å². The number of hydrogen-bond donors (Lipinski definition) is 1. The van der Waals surface area contributed by atoms with Crippen LogP contribution in [0.4, 0.5) is 4.79 Å². The highest BCUT2D eigenvalue weighted by atomic mass is 35.5. The summed E-state index contributed by atoms with van der Waals surface area (Å²) in [6.07, 6.45) is 1.61. The molecule has 8 nitrogen and oxygen atoms in total. The minimum Gasteiger partial charge on any atom is -0.303 e. The Hall–Kier alpha value is -3.88. The van der Waals surface area contributed by atoms with Gasteiger partial charge in [0.2, 0.25) is 0 Å². The van der Waals surface area contributed by atoms with Gasteiger partial charge in [-0.05, 0) is 68.3 Å². The lowest BCUT2D eigenvalue weighted by Crippen LogP contribution is -2.30. The number of nitrogens with one attached hydrogen (secondary N) is 1. The number of carbonyl (C=O) groups excluding carboxylic acids is 2. The van der Waals surface area contributed by atoms with Crippen LogP contribution in [0.15, 0.2) is 59.0 Å². The summed E-state index contributed by atoms with van der Waals surface area (Å²) < 4.78 is 3.27. The Kier molecular flexibility index (Phi) is 5.94. The van der Waals surface area contributed by atoms with Crippen molar-refractivity contribution in [1.29, 1.82) is 0 Å². The van der Waals surface area contributed by atoms with Crippen molar-refractivity contribution in [3.05, 3.63) is 103 Å². The van der Waals surface area contributed by atoms with Gasteiger partial charge < -0.3 is 5.32 Å². The highest BCUT2D eigenvalue weighted by Gasteiger charge is 2.34. The van der Waals surface area contributed by atoms with E-state index in [1.165, 1.54) is 4.68 Å². The van der Waals surface area contributed by atoms with E-state index < -0.39 is 11.9 Å². The number of aryl methyl sites for hydroxylation is 2. The van der Waals surface area contributed by atoms with Crippen LogP contribution in [-0.4, -0.2) is 31.2 Å². The lowest BCUT2D eigenvalue weighted by atomic mass is 10.2. The van der Waals surface area contributed by atoms with Gasteiger partial charge in [0.1, 0.15) is 11.5 Å². The maximum Gasteiger partial charge on any atom is 0.329 e. The molecule has 0 aliphatic carbocycles. The first-order chi connectivity index (χ1) is 17.2. The predicted octanol–water partition coefficient (Wildman–Crippen LogP) is 4.83. The number of hydrogen-bond acceptors (Lipinski definition) is 4. The summed E-state index contributed by atoms with van der Waals surface area (Å²) in [6, 6.07) is 13.4. The molecule has 1 N–H and O–H groups in total. The SMILES string of the molecule is Cc1cc(C=C2NC(=O)N(Cc3ccc(Cl)cc3Cl)C2=O)c(C)n1-n1c(C)nc2ccccc2c1=O. The number of para-hydroxylation sites is 1. The van der Waals surface area contributed by atoms with Gasteiger partial charge in [-0.25, -0.2) is 9.78 Å². The van der Waals surface area contributed by atoms with Gasteiger partial charge in [0.25, 0.3) is 11.5 Å². The molecule has 0 unspecified atom stereocenters. The van der Waals surface area contributed by atoms with E-state index in [2.05, 4.69) is 10.3 Å². The Morgan fingerprint density at radius 3 is 2.47 bits per heavy atom. The molecule has 0 saturated carbocycles. The average molecular weight is 522 g/mol. The van der Waals surface area contributed by atoms with Gasteiger partial charge >= 0.3 is 6.03 Å². The average Bonchev–Trinajstić information content (AvgIpc) is 3.25. The summed E-state index contributed by atoms with van der Waals surface area (Å²) in [7, 11) is 0. The zero-order valence-corrected chi connectivity index (χ0v) is 21.2. The topological polar surface area (TPSA) is 89.2 Å². The molecular formula is C26H21Cl2N5O3. The maximum absolute atomic E-state index is 13.3. The van der Waals surface area contributed by atoms with Gasteiger partial charge in [0, 0.05) is 21.4 Å². The molecule has 0 atom stereocenters. The van der Waals surface area contributed by atoms with Crippen molar-refractivity contribution in [2.75, 3.05) is 0 Å². The van der Waals surface area contributed by atoms with Crippen LogP contribution in [-0.2, 0) is 11.3 Å². The van der Waals surface area contributed by atoms with Crippen LogP contribution < -0.4 is 10.9 Å². The molecule has 1 saturated heterocycles. The molecule has 3 heterocycles. The summed E-state index contributed by atoms with van der Waals surface area (Å²) in [5.41, 5.74) is 3.32. The largest absolute Gasteiger partial charge is 0.329 e. The number of carbonyl (C=O) groups is 2. The van der Waals surface area contributed by atoms with Crippen molar-refractivity contribution in [3.63, 3.8) is 0 Å². The number of halogens is 2. The Labute approximate surface area is 216 Å². The molecule has 0 radical (unpaired) electrons. The van der Waals surface area contributed by atoms with Crippen molar-refractivity contribution >= 4 is 52.1 Å². The van der Waals surface area contributed by atoms with E-state index in [9.17, 15) is 14.4 Å². The van der Waals surface area contributed by atoms with Crippen LogP contribution in [0.1, 0.15) is 28.3 Å². The molecule has 2 aromatic carbocycles. The Morgan fingerprint density at radius 2 is 1.72 bits per heavy atom. The van der Waals surface area contributed by atoms with E-state index in [1.807, 2.05) is 26.0 Å². The molecule has 36 heavy (non-hydrogen) atoms. The third-order valence-corrected chi connectivity index (χ3v) is 6.74. The van der Waals surface area contributed by atoms with Crippen molar-refractivity contribution in [2.45, 2.75) is 27.3 Å². The molecule has 1 fully saturated rings. The van der Waals surface area contributed by atoms with Crippen molar-refractivity contribution in [1.82, 2.24) is 24.6 Å². The molecule has 0 bridgehead atoms. The fourth-order valence-corrected chi connectivity index (χ4v) is 4.86. The second-order valence-electron chi connectivity index (χ2n) is 8.55. The first kappa shape index (κ1) is 23.8. The van der Waals surface area contributed by atoms with E-state index in [1.54, 1.807) is 54.1 Å². The van der Waals surface area contributed by atoms with Gasteiger partial charge in [0.05, 0.1) is 17.4 Å². The minimum absolute atomic E-state index is 0.00831. The summed E-state index contributed by atoms with van der Waals surface area (Å²) in [6.45, 7) is 5.48. The van der Waals surface area contributed by atoms with E-state index >= 15 is 0 Å². The number of rotatable bonds is 4. The van der Waals surface area contributed by atoms with Gasteiger partial charge in [-0.15, -0.1) is 0 Å². The molecule has 182 valence electrons. The predicted molar refractivity (Wildman–Crippen MR) is 139 cm³/mol.